The van der Waals surface area contributed by atoms with Crippen LogP contribution < -0.4 is 5.32 Å². The lowest BCUT2D eigenvalue weighted by molar-refractivity contribution is -0.133. The minimum Gasteiger partial charge on any atom is -0.340 e. The molecule has 2 heterocycles. The molecular weight excluding hydrogens is 373 g/mol. The Hall–Kier alpha value is -2.00. The van der Waals surface area contributed by atoms with Crippen molar-refractivity contribution in [2.24, 2.45) is 5.92 Å². The average molecular weight is 397 g/mol. The van der Waals surface area contributed by atoms with Crippen molar-refractivity contribution in [1.82, 2.24) is 9.80 Å². The number of hydrogen-bond donors (Lipinski definition) is 1. The number of sulfone groups is 1. The first-order valence-electron chi connectivity index (χ1n) is 9.07. The number of rotatable bonds is 5. The van der Waals surface area contributed by atoms with Crippen LogP contribution in [-0.2, 0) is 19.4 Å². The third-order valence-electron chi connectivity index (χ3n) is 4.99. The van der Waals surface area contributed by atoms with Gasteiger partial charge in [-0.25, -0.2) is 12.8 Å². The zero-order chi connectivity index (χ0) is 19.4. The predicted molar refractivity (Wildman–Crippen MR) is 99.4 cm³/mol. The van der Waals surface area contributed by atoms with Gasteiger partial charge in [-0.1, -0.05) is 6.07 Å². The molecule has 0 spiro atoms. The van der Waals surface area contributed by atoms with Gasteiger partial charge in [-0.2, -0.15) is 0 Å². The number of nitrogens with one attached hydrogen (secondary N) is 1. The first kappa shape index (κ1) is 19.8. The molecule has 2 amide bonds. The molecule has 2 fully saturated rings. The third kappa shape index (κ3) is 5.74. The highest BCUT2D eigenvalue weighted by Gasteiger charge is 2.31. The lowest BCUT2D eigenvalue weighted by Crippen LogP contribution is -2.50. The van der Waals surface area contributed by atoms with E-state index in [1.165, 1.54) is 18.2 Å². The summed E-state index contributed by atoms with van der Waals surface area (Å²) >= 11 is 0. The van der Waals surface area contributed by atoms with Crippen LogP contribution in [0.15, 0.2) is 24.3 Å². The highest BCUT2D eigenvalue weighted by atomic mass is 32.2. The molecule has 2 aliphatic heterocycles. The van der Waals surface area contributed by atoms with Crippen LogP contribution >= 0.6 is 0 Å². The fourth-order valence-electron chi connectivity index (χ4n) is 3.53. The van der Waals surface area contributed by atoms with Gasteiger partial charge in [0.2, 0.25) is 11.8 Å². The second-order valence-corrected chi connectivity index (χ2v) is 9.42. The van der Waals surface area contributed by atoms with E-state index in [0.29, 0.717) is 38.3 Å². The molecule has 0 radical (unpaired) electrons. The fourth-order valence-corrected chi connectivity index (χ4v) is 5.40. The minimum atomic E-state index is -2.97. The standard InChI is InChI=1S/C18H24FN3O4S/c19-15-2-1-3-16(11-15)20-17(23)12-21-5-7-22(8-6-21)18(24)10-14-4-9-27(25,26)13-14/h1-3,11,14H,4-10,12-13H2,(H,20,23)/t14-/m1/s1. The van der Waals surface area contributed by atoms with Crippen molar-refractivity contribution >= 4 is 27.3 Å². The van der Waals surface area contributed by atoms with Crippen LogP contribution in [0.1, 0.15) is 12.8 Å². The van der Waals surface area contributed by atoms with Crippen LogP contribution in [0.3, 0.4) is 0 Å². The first-order chi connectivity index (χ1) is 12.8. The molecule has 3 rings (SSSR count). The van der Waals surface area contributed by atoms with Crippen LogP contribution in [-0.4, -0.2) is 74.3 Å². The summed E-state index contributed by atoms with van der Waals surface area (Å²) in [4.78, 5) is 28.1. The van der Waals surface area contributed by atoms with Crippen LogP contribution in [0.4, 0.5) is 10.1 Å². The second-order valence-electron chi connectivity index (χ2n) is 7.19. The van der Waals surface area contributed by atoms with E-state index in [1.807, 2.05) is 4.90 Å². The maximum absolute atomic E-state index is 13.2. The molecule has 0 unspecified atom stereocenters. The molecule has 2 aliphatic rings. The van der Waals surface area contributed by atoms with E-state index in [1.54, 1.807) is 11.0 Å². The molecule has 0 aliphatic carbocycles. The molecule has 7 nitrogen and oxygen atoms in total. The topological polar surface area (TPSA) is 86.8 Å². The molecule has 148 valence electrons. The van der Waals surface area contributed by atoms with Gasteiger partial charge in [-0.15, -0.1) is 0 Å². The highest BCUT2D eigenvalue weighted by Crippen LogP contribution is 2.22. The van der Waals surface area contributed by atoms with E-state index >= 15 is 0 Å². The Morgan fingerprint density at radius 2 is 1.93 bits per heavy atom. The number of anilines is 1. The summed E-state index contributed by atoms with van der Waals surface area (Å²) in [5.74, 6) is -0.428. The van der Waals surface area contributed by atoms with Crippen LogP contribution in [0.2, 0.25) is 0 Å². The molecule has 1 aromatic rings. The molecule has 27 heavy (non-hydrogen) atoms. The van der Waals surface area contributed by atoms with Gasteiger partial charge in [-0.3, -0.25) is 14.5 Å². The number of hydrogen-bond acceptors (Lipinski definition) is 5. The number of amides is 2. The fraction of sp³-hybridized carbons (Fsp3) is 0.556. The van der Waals surface area contributed by atoms with E-state index in [4.69, 9.17) is 0 Å². The van der Waals surface area contributed by atoms with Crippen molar-refractivity contribution in [2.45, 2.75) is 12.8 Å². The third-order valence-corrected chi connectivity index (χ3v) is 6.83. The van der Waals surface area contributed by atoms with Gasteiger partial charge >= 0.3 is 0 Å². The van der Waals surface area contributed by atoms with Gasteiger partial charge in [0.1, 0.15) is 5.82 Å². The quantitative estimate of drug-likeness (QED) is 0.792. The van der Waals surface area contributed by atoms with Crippen molar-refractivity contribution in [2.75, 3.05) is 49.5 Å². The Kier molecular flexibility index (Phi) is 6.11. The molecule has 1 aromatic carbocycles. The van der Waals surface area contributed by atoms with E-state index < -0.39 is 15.7 Å². The molecule has 0 bridgehead atoms. The summed E-state index contributed by atoms with van der Waals surface area (Å²) in [7, 11) is -2.97. The van der Waals surface area contributed by atoms with E-state index in [-0.39, 0.29) is 42.2 Å². The highest BCUT2D eigenvalue weighted by molar-refractivity contribution is 7.91. The van der Waals surface area contributed by atoms with E-state index in [0.717, 1.165) is 0 Å². The maximum atomic E-state index is 13.2. The number of carbonyl (C=O) groups excluding carboxylic acids is 2. The number of nitrogens with zero attached hydrogens (tertiary/aromatic N) is 2. The van der Waals surface area contributed by atoms with Gasteiger partial charge in [0.25, 0.3) is 0 Å². The monoisotopic (exact) mass is 397 g/mol. The Bertz CT molecular complexity index is 807. The molecule has 1 atom stereocenters. The summed E-state index contributed by atoms with van der Waals surface area (Å²) in [6, 6.07) is 5.73. The van der Waals surface area contributed by atoms with E-state index in [9.17, 15) is 22.4 Å². The smallest absolute Gasteiger partial charge is 0.238 e. The Morgan fingerprint density at radius 3 is 2.56 bits per heavy atom. The number of halogens is 1. The van der Waals surface area contributed by atoms with Crippen LogP contribution in [0, 0.1) is 11.7 Å². The summed E-state index contributed by atoms with van der Waals surface area (Å²) in [5.41, 5.74) is 0.417. The molecule has 0 aromatic heterocycles. The predicted octanol–water partition coefficient (Wildman–Crippen LogP) is 0.733. The zero-order valence-corrected chi connectivity index (χ0v) is 15.9. The molecule has 9 heteroatoms. The van der Waals surface area contributed by atoms with Gasteiger partial charge in [0, 0.05) is 38.3 Å². The molecule has 0 saturated carbocycles. The Morgan fingerprint density at radius 1 is 1.19 bits per heavy atom. The summed E-state index contributed by atoms with van der Waals surface area (Å²) in [6.07, 6.45) is 0.841. The SMILES string of the molecule is O=C(CN1CCN(C(=O)C[C@H]2CCS(=O)(=O)C2)CC1)Nc1cccc(F)c1. The van der Waals surface area contributed by atoms with Gasteiger partial charge < -0.3 is 10.2 Å². The van der Waals surface area contributed by atoms with Crippen molar-refractivity contribution in [3.63, 3.8) is 0 Å². The normalized spacial score (nSPS) is 22.6. The first-order valence-corrected chi connectivity index (χ1v) is 10.9. The Balaban J connectivity index is 1.40. The summed E-state index contributed by atoms with van der Waals surface area (Å²) in [6.45, 7) is 2.37. The zero-order valence-electron chi connectivity index (χ0n) is 15.1. The number of benzene rings is 1. The second kappa shape index (κ2) is 8.35. The van der Waals surface area contributed by atoms with Crippen LogP contribution in [0.25, 0.3) is 0 Å². The minimum absolute atomic E-state index is 0.0130. The molecular formula is C18H24FN3O4S. The van der Waals surface area contributed by atoms with Gasteiger partial charge in [-0.05, 0) is 30.5 Å². The average Bonchev–Trinajstić information content (AvgIpc) is 2.94. The summed E-state index contributed by atoms with van der Waals surface area (Å²) in [5, 5.41) is 2.66. The van der Waals surface area contributed by atoms with Crippen LogP contribution in [0.5, 0.6) is 0 Å². The lowest BCUT2D eigenvalue weighted by Gasteiger charge is -2.34. The number of piperazine rings is 1. The largest absolute Gasteiger partial charge is 0.340 e. The number of carbonyl (C=O) groups is 2. The van der Waals surface area contributed by atoms with Crippen molar-refractivity contribution in [3.05, 3.63) is 30.1 Å². The van der Waals surface area contributed by atoms with Gasteiger partial charge in [0.05, 0.1) is 18.1 Å². The van der Waals surface area contributed by atoms with E-state index in [2.05, 4.69) is 5.32 Å². The Labute approximate surface area is 158 Å². The van der Waals surface area contributed by atoms with Crippen molar-refractivity contribution in [3.8, 4) is 0 Å². The maximum Gasteiger partial charge on any atom is 0.238 e. The summed E-state index contributed by atoms with van der Waals surface area (Å²) < 4.78 is 36.2. The molecule has 1 N–H and O–H groups in total. The lowest BCUT2D eigenvalue weighted by atomic mass is 10.0. The van der Waals surface area contributed by atoms with Crippen molar-refractivity contribution < 1.29 is 22.4 Å². The van der Waals surface area contributed by atoms with Crippen molar-refractivity contribution in [1.29, 1.82) is 0 Å². The van der Waals surface area contributed by atoms with Gasteiger partial charge in [0.15, 0.2) is 9.84 Å². The molecule has 2 saturated heterocycles.